The molecular weight excluding hydrogens is 298 g/mol. The molecule has 1 aromatic carbocycles. The molecule has 0 radical (unpaired) electrons. The molecule has 2 fully saturated rings. The standard InChI is InChI=1S/C18H16ClNO2/c1-9(2)14-12-7-8-13(14)16-15(12)17(21)20(18(16)22)11-5-3-10(19)4-6-11/h3-8,12-13,15-16H,1-2H3/t12-,13-,15-,16+/m1/s1. The molecule has 3 nitrogen and oxygen atoms in total. The second kappa shape index (κ2) is 4.56. The molecule has 2 aliphatic carbocycles. The third-order valence-electron chi connectivity index (χ3n) is 5.08. The van der Waals surface area contributed by atoms with E-state index in [2.05, 4.69) is 26.0 Å². The zero-order valence-electron chi connectivity index (χ0n) is 12.4. The lowest BCUT2D eigenvalue weighted by Gasteiger charge is -2.19. The van der Waals surface area contributed by atoms with Crippen molar-refractivity contribution in [1.29, 1.82) is 0 Å². The van der Waals surface area contributed by atoms with E-state index in [0.717, 1.165) is 0 Å². The van der Waals surface area contributed by atoms with E-state index in [1.165, 1.54) is 16.0 Å². The number of nitrogens with zero attached hydrogens (tertiary/aromatic N) is 1. The summed E-state index contributed by atoms with van der Waals surface area (Å²) in [5, 5.41) is 0.594. The van der Waals surface area contributed by atoms with Crippen LogP contribution in [0.5, 0.6) is 0 Å². The molecular formula is C18H16ClNO2. The summed E-state index contributed by atoms with van der Waals surface area (Å²) in [7, 11) is 0. The van der Waals surface area contributed by atoms with E-state index in [1.54, 1.807) is 24.3 Å². The first-order valence-electron chi connectivity index (χ1n) is 7.49. The molecule has 1 saturated heterocycles. The van der Waals surface area contributed by atoms with E-state index in [4.69, 9.17) is 11.6 Å². The number of amides is 2. The molecule has 0 N–H and O–H groups in total. The molecule has 2 amide bonds. The van der Waals surface area contributed by atoms with E-state index in [0.29, 0.717) is 10.7 Å². The third kappa shape index (κ3) is 1.63. The lowest BCUT2D eigenvalue weighted by molar-refractivity contribution is -0.122. The minimum atomic E-state index is -0.233. The van der Waals surface area contributed by atoms with Gasteiger partial charge in [-0.2, -0.15) is 0 Å². The highest BCUT2D eigenvalue weighted by atomic mass is 35.5. The van der Waals surface area contributed by atoms with Crippen LogP contribution in [0.15, 0.2) is 47.6 Å². The molecule has 1 heterocycles. The molecule has 0 aromatic heterocycles. The summed E-state index contributed by atoms with van der Waals surface area (Å²) in [6.45, 7) is 4.13. The number of anilines is 1. The van der Waals surface area contributed by atoms with Crippen molar-refractivity contribution in [2.45, 2.75) is 13.8 Å². The van der Waals surface area contributed by atoms with Gasteiger partial charge in [-0.25, -0.2) is 4.90 Å². The Morgan fingerprint density at radius 2 is 1.45 bits per heavy atom. The van der Waals surface area contributed by atoms with Crippen molar-refractivity contribution in [3.8, 4) is 0 Å². The SMILES string of the molecule is CC(C)=C1[C@H]2C=C[C@H]1[C@H]1C(=O)N(c3ccc(Cl)cc3)C(=O)[C@H]12. The van der Waals surface area contributed by atoms with Crippen LogP contribution in [0.1, 0.15) is 13.8 Å². The molecule has 4 heteroatoms. The van der Waals surface area contributed by atoms with Crippen molar-refractivity contribution in [1.82, 2.24) is 0 Å². The number of allylic oxidation sites excluding steroid dienone is 4. The Morgan fingerprint density at radius 3 is 1.91 bits per heavy atom. The van der Waals surface area contributed by atoms with Gasteiger partial charge in [0.1, 0.15) is 0 Å². The molecule has 0 spiro atoms. The lowest BCUT2D eigenvalue weighted by Crippen LogP contribution is -2.33. The smallest absolute Gasteiger partial charge is 0.238 e. The van der Waals surface area contributed by atoms with Gasteiger partial charge in [-0.05, 0) is 38.1 Å². The van der Waals surface area contributed by atoms with Gasteiger partial charge in [0, 0.05) is 16.9 Å². The summed E-state index contributed by atoms with van der Waals surface area (Å²) in [6.07, 6.45) is 4.20. The number of halogens is 1. The number of carbonyl (C=O) groups is 2. The van der Waals surface area contributed by atoms with Gasteiger partial charge in [0.15, 0.2) is 0 Å². The predicted molar refractivity (Wildman–Crippen MR) is 85.4 cm³/mol. The molecule has 1 saturated carbocycles. The minimum Gasteiger partial charge on any atom is -0.274 e. The van der Waals surface area contributed by atoms with Crippen LogP contribution in [0.3, 0.4) is 0 Å². The van der Waals surface area contributed by atoms with E-state index in [1.807, 2.05) is 0 Å². The minimum absolute atomic E-state index is 0.0760. The Morgan fingerprint density at radius 1 is 0.955 bits per heavy atom. The van der Waals surface area contributed by atoms with E-state index >= 15 is 0 Å². The Balaban J connectivity index is 1.76. The molecule has 112 valence electrons. The van der Waals surface area contributed by atoms with Crippen LogP contribution in [0, 0.1) is 23.7 Å². The average Bonchev–Trinajstić information content (AvgIpc) is 3.11. The summed E-state index contributed by atoms with van der Waals surface area (Å²) < 4.78 is 0. The highest BCUT2D eigenvalue weighted by Crippen LogP contribution is 2.57. The van der Waals surface area contributed by atoms with Gasteiger partial charge in [0.2, 0.25) is 11.8 Å². The van der Waals surface area contributed by atoms with Gasteiger partial charge < -0.3 is 0 Å². The lowest BCUT2D eigenvalue weighted by atomic mass is 9.85. The molecule has 1 aliphatic heterocycles. The normalized spacial score (nSPS) is 32.1. The van der Waals surface area contributed by atoms with Crippen LogP contribution < -0.4 is 4.90 Å². The zero-order chi connectivity index (χ0) is 15.6. The van der Waals surface area contributed by atoms with Crippen LogP contribution in [0.4, 0.5) is 5.69 Å². The van der Waals surface area contributed by atoms with Crippen LogP contribution in [-0.2, 0) is 9.59 Å². The summed E-state index contributed by atoms with van der Waals surface area (Å²) in [4.78, 5) is 27.1. The summed E-state index contributed by atoms with van der Waals surface area (Å²) in [6, 6.07) is 6.88. The van der Waals surface area contributed by atoms with Crippen LogP contribution in [-0.4, -0.2) is 11.8 Å². The molecule has 1 aromatic rings. The first-order valence-corrected chi connectivity index (χ1v) is 7.87. The average molecular weight is 314 g/mol. The Labute approximate surface area is 134 Å². The fourth-order valence-corrected chi connectivity index (χ4v) is 4.40. The van der Waals surface area contributed by atoms with E-state index < -0.39 is 0 Å². The van der Waals surface area contributed by atoms with Gasteiger partial charge in [0.25, 0.3) is 0 Å². The zero-order valence-corrected chi connectivity index (χ0v) is 13.2. The number of hydrogen-bond acceptors (Lipinski definition) is 2. The van der Waals surface area contributed by atoms with Crippen LogP contribution >= 0.6 is 11.6 Å². The van der Waals surface area contributed by atoms with Crippen LogP contribution in [0.2, 0.25) is 5.02 Å². The third-order valence-corrected chi connectivity index (χ3v) is 5.33. The first kappa shape index (κ1) is 13.8. The number of carbonyl (C=O) groups excluding carboxylic acids is 2. The number of hydrogen-bond donors (Lipinski definition) is 0. The van der Waals surface area contributed by atoms with Gasteiger partial charge in [-0.15, -0.1) is 0 Å². The summed E-state index contributed by atoms with van der Waals surface area (Å²) >= 11 is 5.89. The molecule has 4 atom stereocenters. The molecule has 4 rings (SSSR count). The largest absolute Gasteiger partial charge is 0.274 e. The van der Waals surface area contributed by atoms with Gasteiger partial charge >= 0.3 is 0 Å². The number of rotatable bonds is 1. The molecule has 22 heavy (non-hydrogen) atoms. The predicted octanol–water partition coefficient (Wildman–Crippen LogP) is 3.60. The highest BCUT2D eigenvalue weighted by Gasteiger charge is 2.61. The molecule has 3 aliphatic rings. The Hall–Kier alpha value is -1.87. The Bertz CT molecular complexity index is 709. The molecule has 2 bridgehead atoms. The van der Waals surface area contributed by atoms with Gasteiger partial charge in [-0.1, -0.05) is 34.9 Å². The number of fused-ring (bicyclic) bond motifs is 5. The Kier molecular flexibility index (Phi) is 2.85. The van der Waals surface area contributed by atoms with Crippen molar-refractivity contribution >= 4 is 29.1 Å². The van der Waals surface area contributed by atoms with Crippen molar-refractivity contribution in [3.63, 3.8) is 0 Å². The van der Waals surface area contributed by atoms with Gasteiger partial charge in [-0.3, -0.25) is 9.59 Å². The van der Waals surface area contributed by atoms with E-state index in [-0.39, 0.29) is 35.5 Å². The van der Waals surface area contributed by atoms with Crippen molar-refractivity contribution < 1.29 is 9.59 Å². The van der Waals surface area contributed by atoms with Gasteiger partial charge in [0.05, 0.1) is 17.5 Å². The number of imide groups is 1. The fraction of sp³-hybridized carbons (Fsp3) is 0.333. The highest BCUT2D eigenvalue weighted by molar-refractivity contribution is 6.31. The topological polar surface area (TPSA) is 37.4 Å². The molecule has 0 unspecified atom stereocenters. The first-order chi connectivity index (χ1) is 10.5. The van der Waals surface area contributed by atoms with Crippen molar-refractivity contribution in [3.05, 3.63) is 52.6 Å². The fourth-order valence-electron chi connectivity index (χ4n) is 4.27. The monoisotopic (exact) mass is 313 g/mol. The second-order valence-corrected chi connectivity index (χ2v) is 6.87. The van der Waals surface area contributed by atoms with E-state index in [9.17, 15) is 9.59 Å². The maximum Gasteiger partial charge on any atom is 0.238 e. The quantitative estimate of drug-likeness (QED) is 0.587. The van der Waals surface area contributed by atoms with Crippen molar-refractivity contribution in [2.24, 2.45) is 23.7 Å². The maximum absolute atomic E-state index is 12.9. The number of benzene rings is 1. The summed E-state index contributed by atoms with van der Waals surface area (Å²) in [5.41, 5.74) is 3.12. The second-order valence-electron chi connectivity index (χ2n) is 6.43. The van der Waals surface area contributed by atoms with Crippen molar-refractivity contribution in [2.75, 3.05) is 4.90 Å². The summed E-state index contributed by atoms with van der Waals surface area (Å²) in [5.74, 6) is -0.436. The maximum atomic E-state index is 12.9. The van der Waals surface area contributed by atoms with Crippen LogP contribution in [0.25, 0.3) is 0 Å².